The van der Waals surface area contributed by atoms with Crippen LogP contribution in [0.2, 0.25) is 0 Å². The number of nitrogen functional groups attached to an aromatic ring is 1. The van der Waals surface area contributed by atoms with Crippen molar-refractivity contribution < 1.29 is 8.60 Å². The molecule has 2 nitrogen and oxygen atoms in total. The SMILES string of the molecule is Nc1cccc(F)c1CS(=O)C1CCCCC1. The first-order valence-electron chi connectivity index (χ1n) is 6.08. The fourth-order valence-electron chi connectivity index (χ4n) is 2.32. The van der Waals surface area contributed by atoms with Crippen LogP contribution in [-0.2, 0) is 16.6 Å². The third-order valence-electron chi connectivity index (χ3n) is 3.37. The molecule has 1 aliphatic rings. The van der Waals surface area contributed by atoms with Crippen molar-refractivity contribution in [3.63, 3.8) is 0 Å². The van der Waals surface area contributed by atoms with Gasteiger partial charge in [0, 0.05) is 27.3 Å². The molecule has 17 heavy (non-hydrogen) atoms. The van der Waals surface area contributed by atoms with E-state index in [2.05, 4.69) is 0 Å². The molecule has 0 spiro atoms. The molecule has 0 amide bonds. The minimum Gasteiger partial charge on any atom is -0.398 e. The Bertz CT molecular complexity index is 396. The Morgan fingerprint density at radius 3 is 2.65 bits per heavy atom. The zero-order valence-electron chi connectivity index (χ0n) is 9.82. The van der Waals surface area contributed by atoms with Gasteiger partial charge in [-0.3, -0.25) is 4.21 Å². The lowest BCUT2D eigenvalue weighted by molar-refractivity contribution is 0.504. The van der Waals surface area contributed by atoms with E-state index in [1.54, 1.807) is 12.1 Å². The van der Waals surface area contributed by atoms with Crippen LogP contribution in [0, 0.1) is 5.82 Å². The topological polar surface area (TPSA) is 43.1 Å². The standard InChI is InChI=1S/C13H18FNOS/c14-12-7-4-8-13(15)11(12)9-17(16)10-5-2-1-3-6-10/h4,7-8,10H,1-3,5-6,9,15H2. The number of anilines is 1. The van der Waals surface area contributed by atoms with Gasteiger partial charge in [0.1, 0.15) is 5.82 Å². The van der Waals surface area contributed by atoms with Crippen LogP contribution in [0.15, 0.2) is 18.2 Å². The highest BCUT2D eigenvalue weighted by atomic mass is 32.2. The fourth-order valence-corrected chi connectivity index (χ4v) is 4.00. The highest BCUT2D eigenvalue weighted by Gasteiger charge is 2.21. The monoisotopic (exact) mass is 255 g/mol. The van der Waals surface area contributed by atoms with Gasteiger partial charge in [0.2, 0.25) is 0 Å². The molecule has 1 saturated carbocycles. The molecule has 1 unspecified atom stereocenters. The van der Waals surface area contributed by atoms with E-state index >= 15 is 0 Å². The van der Waals surface area contributed by atoms with Crippen molar-refractivity contribution in [2.24, 2.45) is 0 Å². The van der Waals surface area contributed by atoms with Crippen molar-refractivity contribution in [3.8, 4) is 0 Å². The average Bonchev–Trinajstić information content (AvgIpc) is 2.35. The summed E-state index contributed by atoms with van der Waals surface area (Å²) < 4.78 is 25.7. The average molecular weight is 255 g/mol. The molecule has 1 aromatic rings. The molecule has 0 saturated heterocycles. The predicted molar refractivity (Wildman–Crippen MR) is 69.5 cm³/mol. The third-order valence-corrected chi connectivity index (χ3v) is 5.15. The fraction of sp³-hybridized carbons (Fsp3) is 0.538. The maximum absolute atomic E-state index is 13.6. The van der Waals surface area contributed by atoms with E-state index in [1.165, 1.54) is 12.5 Å². The van der Waals surface area contributed by atoms with Gasteiger partial charge in [0.05, 0.1) is 5.75 Å². The Hall–Kier alpha value is -0.900. The van der Waals surface area contributed by atoms with Gasteiger partial charge >= 0.3 is 0 Å². The summed E-state index contributed by atoms with van der Waals surface area (Å²) in [6.45, 7) is 0. The molecule has 0 bridgehead atoms. The summed E-state index contributed by atoms with van der Waals surface area (Å²) in [6, 6.07) is 4.62. The quantitative estimate of drug-likeness (QED) is 0.844. The van der Waals surface area contributed by atoms with Crippen molar-refractivity contribution in [1.82, 2.24) is 0 Å². The molecule has 1 aliphatic carbocycles. The lowest BCUT2D eigenvalue weighted by Crippen LogP contribution is -2.20. The van der Waals surface area contributed by atoms with Crippen LogP contribution >= 0.6 is 0 Å². The minimum atomic E-state index is -0.998. The molecule has 1 atom stereocenters. The molecule has 2 N–H and O–H groups in total. The van der Waals surface area contributed by atoms with Gasteiger partial charge in [0.25, 0.3) is 0 Å². The van der Waals surface area contributed by atoms with Crippen molar-refractivity contribution in [3.05, 3.63) is 29.6 Å². The van der Waals surface area contributed by atoms with Crippen LogP contribution in [0.5, 0.6) is 0 Å². The number of nitrogens with two attached hydrogens (primary N) is 1. The molecule has 1 fully saturated rings. The summed E-state index contributed by atoms with van der Waals surface area (Å²) in [6.07, 6.45) is 5.52. The Balaban J connectivity index is 2.07. The zero-order valence-corrected chi connectivity index (χ0v) is 10.6. The molecule has 0 heterocycles. The first-order chi connectivity index (χ1) is 8.18. The molecule has 0 aliphatic heterocycles. The molecule has 0 radical (unpaired) electrons. The third kappa shape index (κ3) is 3.06. The lowest BCUT2D eigenvalue weighted by atomic mass is 10.0. The van der Waals surface area contributed by atoms with Crippen molar-refractivity contribution in [2.45, 2.75) is 43.1 Å². The first-order valence-corrected chi connectivity index (χ1v) is 7.46. The van der Waals surface area contributed by atoms with E-state index in [0.29, 0.717) is 11.3 Å². The van der Waals surface area contributed by atoms with Crippen molar-refractivity contribution in [1.29, 1.82) is 0 Å². The van der Waals surface area contributed by atoms with Gasteiger partial charge in [-0.1, -0.05) is 25.3 Å². The van der Waals surface area contributed by atoms with Gasteiger partial charge in [-0.25, -0.2) is 4.39 Å². The summed E-state index contributed by atoms with van der Waals surface area (Å²) in [7, 11) is -0.998. The van der Waals surface area contributed by atoms with Gasteiger partial charge < -0.3 is 5.73 Å². The Morgan fingerprint density at radius 2 is 2.00 bits per heavy atom. The molecule has 4 heteroatoms. The van der Waals surface area contributed by atoms with E-state index in [4.69, 9.17) is 5.73 Å². The summed E-state index contributed by atoms with van der Waals surface area (Å²) in [5.41, 5.74) is 6.55. The normalized spacial score (nSPS) is 19.1. The molecule has 1 aromatic carbocycles. The number of benzene rings is 1. The van der Waals surface area contributed by atoms with E-state index in [-0.39, 0.29) is 16.8 Å². The Labute approximate surface area is 104 Å². The van der Waals surface area contributed by atoms with Crippen molar-refractivity contribution >= 4 is 16.5 Å². The maximum Gasteiger partial charge on any atom is 0.129 e. The highest BCUT2D eigenvalue weighted by molar-refractivity contribution is 7.84. The van der Waals surface area contributed by atoms with Crippen LogP contribution in [0.3, 0.4) is 0 Å². The molecular weight excluding hydrogens is 237 g/mol. The largest absolute Gasteiger partial charge is 0.398 e. The maximum atomic E-state index is 13.6. The van der Waals surface area contributed by atoms with E-state index in [1.807, 2.05) is 0 Å². The Morgan fingerprint density at radius 1 is 1.29 bits per heavy atom. The number of hydrogen-bond acceptors (Lipinski definition) is 2. The van der Waals surface area contributed by atoms with E-state index in [0.717, 1.165) is 25.7 Å². The molecule has 2 rings (SSSR count). The second kappa shape index (κ2) is 5.63. The van der Waals surface area contributed by atoms with Crippen LogP contribution in [0.1, 0.15) is 37.7 Å². The summed E-state index contributed by atoms with van der Waals surface area (Å²) in [4.78, 5) is 0. The summed E-state index contributed by atoms with van der Waals surface area (Å²) in [5.74, 6) is -0.0856. The summed E-state index contributed by atoms with van der Waals surface area (Å²) >= 11 is 0. The Kier molecular flexibility index (Phi) is 4.15. The molecule has 94 valence electrons. The van der Waals surface area contributed by atoms with Crippen LogP contribution < -0.4 is 5.73 Å². The highest BCUT2D eigenvalue weighted by Crippen LogP contribution is 2.25. The number of rotatable bonds is 3. The van der Waals surface area contributed by atoms with Gasteiger partial charge in [-0.15, -0.1) is 0 Å². The molecule has 0 aromatic heterocycles. The molecular formula is C13H18FNOS. The van der Waals surface area contributed by atoms with Crippen LogP contribution in [0.4, 0.5) is 10.1 Å². The first kappa shape index (κ1) is 12.6. The van der Waals surface area contributed by atoms with Gasteiger partial charge in [-0.2, -0.15) is 0 Å². The summed E-state index contributed by atoms with van der Waals surface area (Å²) in [5, 5.41) is 0.225. The lowest BCUT2D eigenvalue weighted by Gasteiger charge is -2.21. The van der Waals surface area contributed by atoms with Crippen LogP contribution in [0.25, 0.3) is 0 Å². The zero-order chi connectivity index (χ0) is 12.3. The van der Waals surface area contributed by atoms with Crippen LogP contribution in [-0.4, -0.2) is 9.46 Å². The second-order valence-corrected chi connectivity index (χ2v) is 6.31. The number of hydrogen-bond donors (Lipinski definition) is 1. The van der Waals surface area contributed by atoms with E-state index < -0.39 is 10.8 Å². The number of halogens is 1. The predicted octanol–water partition coefficient (Wildman–Crippen LogP) is 2.99. The van der Waals surface area contributed by atoms with E-state index in [9.17, 15) is 8.60 Å². The smallest absolute Gasteiger partial charge is 0.129 e. The minimum absolute atomic E-state index is 0.225. The van der Waals surface area contributed by atoms with Gasteiger partial charge in [-0.05, 0) is 25.0 Å². The van der Waals surface area contributed by atoms with Gasteiger partial charge in [0.15, 0.2) is 0 Å². The second-order valence-electron chi connectivity index (χ2n) is 4.59. The van der Waals surface area contributed by atoms with Crippen molar-refractivity contribution in [2.75, 3.05) is 5.73 Å².